The van der Waals surface area contributed by atoms with Crippen molar-refractivity contribution in [3.63, 3.8) is 0 Å². The van der Waals surface area contributed by atoms with Gasteiger partial charge >= 0.3 is 0 Å². The summed E-state index contributed by atoms with van der Waals surface area (Å²) in [6, 6.07) is 9.58. The summed E-state index contributed by atoms with van der Waals surface area (Å²) in [6.07, 6.45) is 8.53. The Morgan fingerprint density at radius 2 is 1.70 bits per heavy atom. The van der Waals surface area contributed by atoms with Crippen molar-refractivity contribution in [2.45, 2.75) is 77.8 Å². The summed E-state index contributed by atoms with van der Waals surface area (Å²) in [5.74, 6) is 0. The number of para-hydroxylation sites is 1. The number of aryl methyl sites for hydroxylation is 1. The summed E-state index contributed by atoms with van der Waals surface area (Å²) >= 11 is 0. The first-order chi connectivity index (χ1) is 9.46. The minimum absolute atomic E-state index is 0.281. The molecule has 1 heterocycles. The van der Waals surface area contributed by atoms with Crippen LogP contribution < -0.4 is 4.90 Å². The van der Waals surface area contributed by atoms with E-state index in [-0.39, 0.29) is 5.54 Å². The SMILES string of the molecule is Cc1ccccc1N1C(C)C2(CCCCC2)CC1(C)C. The molecule has 0 N–H and O–H groups in total. The van der Waals surface area contributed by atoms with E-state index < -0.39 is 0 Å². The Bertz CT molecular complexity index is 482. The fourth-order valence-electron chi connectivity index (χ4n) is 5.11. The molecule has 3 rings (SSSR count). The topological polar surface area (TPSA) is 3.24 Å². The highest BCUT2D eigenvalue weighted by molar-refractivity contribution is 5.57. The second kappa shape index (κ2) is 4.79. The molecule has 1 spiro atoms. The van der Waals surface area contributed by atoms with Gasteiger partial charge in [-0.1, -0.05) is 37.5 Å². The van der Waals surface area contributed by atoms with Crippen molar-refractivity contribution < 1.29 is 0 Å². The standard InChI is InChI=1S/C19H29N/c1-15-10-6-7-11-17(15)20-16(2)19(14-18(20,3)4)12-8-5-9-13-19/h6-7,10-11,16H,5,8-9,12-14H2,1-4H3. The first kappa shape index (κ1) is 14.0. The fraction of sp³-hybridized carbons (Fsp3) is 0.684. The third kappa shape index (κ3) is 2.06. The minimum atomic E-state index is 0.281. The van der Waals surface area contributed by atoms with E-state index in [1.807, 2.05) is 0 Å². The maximum Gasteiger partial charge on any atom is 0.0402 e. The summed E-state index contributed by atoms with van der Waals surface area (Å²) in [5.41, 5.74) is 3.71. The van der Waals surface area contributed by atoms with E-state index in [0.717, 1.165) is 0 Å². The summed E-state index contributed by atoms with van der Waals surface area (Å²) in [4.78, 5) is 2.73. The van der Waals surface area contributed by atoms with Gasteiger partial charge in [0.15, 0.2) is 0 Å². The molecule has 1 nitrogen and oxygen atoms in total. The van der Waals surface area contributed by atoms with Gasteiger partial charge in [0.1, 0.15) is 0 Å². The lowest BCUT2D eigenvalue weighted by molar-refractivity contribution is 0.170. The van der Waals surface area contributed by atoms with Gasteiger partial charge in [0.2, 0.25) is 0 Å². The summed E-state index contributed by atoms with van der Waals surface area (Å²) in [5, 5.41) is 0. The van der Waals surface area contributed by atoms with Gasteiger partial charge in [-0.05, 0) is 64.0 Å². The van der Waals surface area contributed by atoms with E-state index >= 15 is 0 Å². The third-order valence-electron chi connectivity index (χ3n) is 5.93. The molecular weight excluding hydrogens is 242 g/mol. The van der Waals surface area contributed by atoms with Crippen molar-refractivity contribution in [2.24, 2.45) is 5.41 Å². The van der Waals surface area contributed by atoms with Crippen LogP contribution in [0.3, 0.4) is 0 Å². The monoisotopic (exact) mass is 271 g/mol. The number of hydrogen-bond acceptors (Lipinski definition) is 1. The number of nitrogens with zero attached hydrogens (tertiary/aromatic N) is 1. The van der Waals surface area contributed by atoms with Crippen LogP contribution in [0.25, 0.3) is 0 Å². The summed E-state index contributed by atoms with van der Waals surface area (Å²) < 4.78 is 0. The Hall–Kier alpha value is -0.980. The maximum atomic E-state index is 2.73. The van der Waals surface area contributed by atoms with Gasteiger partial charge in [-0.15, -0.1) is 0 Å². The molecule has 0 radical (unpaired) electrons. The van der Waals surface area contributed by atoms with Crippen molar-refractivity contribution in [1.82, 2.24) is 0 Å². The Kier molecular flexibility index (Phi) is 3.35. The highest BCUT2D eigenvalue weighted by Crippen LogP contribution is 2.55. The Balaban J connectivity index is 2.00. The number of rotatable bonds is 1. The molecule has 1 atom stereocenters. The van der Waals surface area contributed by atoms with E-state index in [2.05, 4.69) is 56.9 Å². The largest absolute Gasteiger partial charge is 0.363 e. The zero-order valence-corrected chi connectivity index (χ0v) is 13.6. The van der Waals surface area contributed by atoms with Gasteiger partial charge < -0.3 is 4.90 Å². The molecule has 110 valence electrons. The number of benzene rings is 1. The molecule has 1 aromatic rings. The lowest BCUT2D eigenvalue weighted by Crippen LogP contribution is -2.44. The lowest BCUT2D eigenvalue weighted by Gasteiger charge is -2.41. The summed E-state index contributed by atoms with van der Waals surface area (Å²) in [6.45, 7) is 9.62. The van der Waals surface area contributed by atoms with Crippen molar-refractivity contribution in [3.05, 3.63) is 29.8 Å². The first-order valence-corrected chi connectivity index (χ1v) is 8.31. The molecule has 1 heteroatoms. The van der Waals surface area contributed by atoms with Crippen LogP contribution >= 0.6 is 0 Å². The van der Waals surface area contributed by atoms with Gasteiger partial charge in [-0.25, -0.2) is 0 Å². The Labute approximate surface area is 124 Å². The van der Waals surface area contributed by atoms with Crippen molar-refractivity contribution >= 4 is 5.69 Å². The van der Waals surface area contributed by atoms with Crippen LogP contribution in [-0.4, -0.2) is 11.6 Å². The molecule has 0 bridgehead atoms. The van der Waals surface area contributed by atoms with Gasteiger partial charge in [0.05, 0.1) is 0 Å². The second-order valence-corrected chi connectivity index (χ2v) is 7.74. The fourth-order valence-corrected chi connectivity index (χ4v) is 5.11. The molecule has 0 amide bonds. The normalized spacial score (nSPS) is 28.0. The van der Waals surface area contributed by atoms with Gasteiger partial charge in [0.25, 0.3) is 0 Å². The third-order valence-corrected chi connectivity index (χ3v) is 5.93. The molecule has 20 heavy (non-hydrogen) atoms. The van der Waals surface area contributed by atoms with Crippen molar-refractivity contribution in [1.29, 1.82) is 0 Å². The van der Waals surface area contributed by atoms with Crippen LogP contribution in [0.5, 0.6) is 0 Å². The predicted molar refractivity (Wildman–Crippen MR) is 87.3 cm³/mol. The van der Waals surface area contributed by atoms with Crippen LogP contribution in [-0.2, 0) is 0 Å². The van der Waals surface area contributed by atoms with Crippen LogP contribution in [0.1, 0.15) is 64.9 Å². The first-order valence-electron chi connectivity index (χ1n) is 8.31. The second-order valence-electron chi connectivity index (χ2n) is 7.74. The van der Waals surface area contributed by atoms with Gasteiger partial charge in [-0.3, -0.25) is 0 Å². The predicted octanol–water partition coefficient (Wildman–Crippen LogP) is 5.32. The van der Waals surface area contributed by atoms with Crippen molar-refractivity contribution in [3.8, 4) is 0 Å². The van der Waals surface area contributed by atoms with E-state index in [1.165, 1.54) is 49.8 Å². The van der Waals surface area contributed by atoms with Crippen LogP contribution in [0.4, 0.5) is 5.69 Å². The number of anilines is 1. The van der Waals surface area contributed by atoms with E-state index in [4.69, 9.17) is 0 Å². The molecule has 1 aromatic carbocycles. The quantitative estimate of drug-likeness (QED) is 0.668. The molecule has 0 aromatic heterocycles. The average molecular weight is 271 g/mol. The molecular formula is C19H29N. The van der Waals surface area contributed by atoms with Crippen molar-refractivity contribution in [2.75, 3.05) is 4.90 Å². The van der Waals surface area contributed by atoms with E-state index in [0.29, 0.717) is 11.5 Å². The molecule has 1 unspecified atom stereocenters. The van der Waals surface area contributed by atoms with Crippen LogP contribution in [0, 0.1) is 12.3 Å². The lowest BCUT2D eigenvalue weighted by atomic mass is 9.68. The Morgan fingerprint density at radius 1 is 1.05 bits per heavy atom. The van der Waals surface area contributed by atoms with Gasteiger partial charge in [0, 0.05) is 17.3 Å². The zero-order valence-electron chi connectivity index (χ0n) is 13.6. The highest BCUT2D eigenvalue weighted by Gasteiger charge is 2.53. The highest BCUT2D eigenvalue weighted by atomic mass is 15.3. The van der Waals surface area contributed by atoms with Gasteiger partial charge in [-0.2, -0.15) is 0 Å². The molecule has 1 aliphatic heterocycles. The van der Waals surface area contributed by atoms with Crippen LogP contribution in [0.2, 0.25) is 0 Å². The molecule has 1 saturated carbocycles. The molecule has 2 aliphatic rings. The minimum Gasteiger partial charge on any atom is -0.363 e. The molecule has 1 saturated heterocycles. The molecule has 1 aliphatic carbocycles. The zero-order chi connectivity index (χ0) is 14.4. The van der Waals surface area contributed by atoms with Crippen LogP contribution in [0.15, 0.2) is 24.3 Å². The maximum absolute atomic E-state index is 2.73. The van der Waals surface area contributed by atoms with E-state index in [1.54, 1.807) is 0 Å². The molecule has 2 fully saturated rings. The summed E-state index contributed by atoms with van der Waals surface area (Å²) in [7, 11) is 0. The smallest absolute Gasteiger partial charge is 0.0402 e. The Morgan fingerprint density at radius 3 is 2.35 bits per heavy atom. The van der Waals surface area contributed by atoms with E-state index in [9.17, 15) is 0 Å². The average Bonchev–Trinajstić information content (AvgIpc) is 2.59. The number of hydrogen-bond donors (Lipinski definition) is 0.